The highest BCUT2D eigenvalue weighted by molar-refractivity contribution is 6.31. The number of hydrogen-bond acceptors (Lipinski definition) is 7. The average Bonchev–Trinajstić information content (AvgIpc) is 2.86. The van der Waals surface area contributed by atoms with E-state index in [4.69, 9.17) is 16.3 Å². The number of nitrogens with zero attached hydrogens (tertiary/aromatic N) is 7. The van der Waals surface area contributed by atoms with E-state index in [9.17, 15) is 4.79 Å². The van der Waals surface area contributed by atoms with Gasteiger partial charge in [-0.05, 0) is 22.6 Å². The Bertz CT molecular complexity index is 846. The summed E-state index contributed by atoms with van der Waals surface area (Å²) in [4.78, 5) is 23.4. The minimum absolute atomic E-state index is 0.0715. The van der Waals surface area contributed by atoms with Crippen molar-refractivity contribution in [1.29, 1.82) is 0 Å². The molecule has 112 valence electrons. The van der Waals surface area contributed by atoms with Crippen molar-refractivity contribution in [1.82, 2.24) is 34.7 Å². The van der Waals surface area contributed by atoms with Gasteiger partial charge in [-0.1, -0.05) is 17.7 Å². The molecule has 22 heavy (non-hydrogen) atoms. The summed E-state index contributed by atoms with van der Waals surface area (Å²) in [5, 5.41) is 7.92. The topological polar surface area (TPSA) is 101 Å². The zero-order valence-corrected chi connectivity index (χ0v) is 12.2. The fourth-order valence-corrected chi connectivity index (χ4v) is 2.02. The van der Waals surface area contributed by atoms with E-state index in [1.54, 1.807) is 18.2 Å². The molecule has 0 aliphatic heterocycles. The molecule has 3 aromatic rings. The SMILES string of the molecule is Cn1nnn(-c2cccc(Cl)c2COc2ncncn2)c1=O. The second-order valence-electron chi connectivity index (χ2n) is 4.24. The van der Waals surface area contributed by atoms with Gasteiger partial charge in [0.05, 0.1) is 5.69 Å². The van der Waals surface area contributed by atoms with E-state index in [0.29, 0.717) is 16.3 Å². The maximum atomic E-state index is 12.0. The summed E-state index contributed by atoms with van der Waals surface area (Å²) in [6.07, 6.45) is 2.64. The molecular formula is C12H10ClN7O2. The molecule has 0 saturated heterocycles. The molecule has 3 rings (SSSR count). The van der Waals surface area contributed by atoms with Crippen LogP contribution in [0.2, 0.25) is 5.02 Å². The summed E-state index contributed by atoms with van der Waals surface area (Å²) in [7, 11) is 1.51. The fourth-order valence-electron chi connectivity index (χ4n) is 1.79. The molecule has 0 N–H and O–H groups in total. The number of benzene rings is 1. The van der Waals surface area contributed by atoms with Gasteiger partial charge in [0.25, 0.3) is 0 Å². The largest absolute Gasteiger partial charge is 0.458 e. The van der Waals surface area contributed by atoms with Crippen LogP contribution >= 0.6 is 11.6 Å². The van der Waals surface area contributed by atoms with Gasteiger partial charge in [0.2, 0.25) is 0 Å². The van der Waals surface area contributed by atoms with Gasteiger partial charge in [-0.3, -0.25) is 0 Å². The number of aromatic nitrogens is 7. The fraction of sp³-hybridized carbons (Fsp3) is 0.167. The minimum atomic E-state index is -0.385. The van der Waals surface area contributed by atoms with E-state index < -0.39 is 0 Å². The highest BCUT2D eigenvalue weighted by Gasteiger charge is 2.14. The summed E-state index contributed by atoms with van der Waals surface area (Å²) >= 11 is 6.20. The summed E-state index contributed by atoms with van der Waals surface area (Å²) in [6, 6.07) is 5.27. The molecule has 0 spiro atoms. The third kappa shape index (κ3) is 2.66. The quantitative estimate of drug-likeness (QED) is 0.685. The molecule has 0 aliphatic rings. The molecule has 0 bridgehead atoms. The Kier molecular flexibility index (Phi) is 3.79. The molecule has 0 atom stereocenters. The van der Waals surface area contributed by atoms with Crippen molar-refractivity contribution in [2.75, 3.05) is 0 Å². The molecule has 9 nitrogen and oxygen atoms in total. The summed E-state index contributed by atoms with van der Waals surface area (Å²) < 4.78 is 7.74. The van der Waals surface area contributed by atoms with E-state index in [1.165, 1.54) is 19.7 Å². The molecule has 0 radical (unpaired) electrons. The van der Waals surface area contributed by atoms with Gasteiger partial charge in [-0.15, -0.1) is 0 Å². The van der Waals surface area contributed by atoms with E-state index in [-0.39, 0.29) is 18.3 Å². The van der Waals surface area contributed by atoms with Crippen LogP contribution in [0.25, 0.3) is 5.69 Å². The van der Waals surface area contributed by atoms with Gasteiger partial charge in [-0.25, -0.2) is 9.78 Å². The molecule has 0 saturated carbocycles. The lowest BCUT2D eigenvalue weighted by Gasteiger charge is -2.10. The van der Waals surface area contributed by atoms with Gasteiger partial charge < -0.3 is 4.74 Å². The number of tetrazole rings is 1. The molecule has 2 heterocycles. The van der Waals surface area contributed by atoms with Crippen molar-refractivity contribution in [3.8, 4) is 11.7 Å². The zero-order chi connectivity index (χ0) is 15.5. The maximum absolute atomic E-state index is 12.0. The van der Waals surface area contributed by atoms with Crippen molar-refractivity contribution in [3.63, 3.8) is 0 Å². The van der Waals surface area contributed by atoms with Crippen molar-refractivity contribution in [2.45, 2.75) is 6.61 Å². The first-order chi connectivity index (χ1) is 10.7. The summed E-state index contributed by atoms with van der Waals surface area (Å²) in [5.74, 6) is 0. The third-order valence-electron chi connectivity index (χ3n) is 2.86. The predicted octanol–water partition coefficient (Wildman–Crippen LogP) is 0.383. The van der Waals surface area contributed by atoms with Crippen molar-refractivity contribution in [2.24, 2.45) is 7.05 Å². The molecule has 0 aliphatic carbocycles. The second kappa shape index (κ2) is 5.90. The van der Waals surface area contributed by atoms with Crippen molar-refractivity contribution >= 4 is 11.6 Å². The maximum Gasteiger partial charge on any atom is 0.368 e. The first kappa shape index (κ1) is 14.1. The molecule has 0 unspecified atom stereocenters. The number of ether oxygens (including phenoxy) is 1. The third-order valence-corrected chi connectivity index (χ3v) is 3.21. The normalized spacial score (nSPS) is 10.6. The predicted molar refractivity (Wildman–Crippen MR) is 75.8 cm³/mol. The Morgan fingerprint density at radius 3 is 2.68 bits per heavy atom. The van der Waals surface area contributed by atoms with Gasteiger partial charge in [-0.2, -0.15) is 19.3 Å². The molecule has 0 amide bonds. The van der Waals surface area contributed by atoms with Crippen molar-refractivity contribution in [3.05, 3.63) is 51.9 Å². The van der Waals surface area contributed by atoms with E-state index >= 15 is 0 Å². The van der Waals surface area contributed by atoms with Crippen LogP contribution in [0.3, 0.4) is 0 Å². The van der Waals surface area contributed by atoms with E-state index in [1.807, 2.05) is 0 Å². The molecule has 10 heteroatoms. The number of halogens is 1. The van der Waals surface area contributed by atoms with Crippen LogP contribution in [0.15, 0.2) is 35.6 Å². The summed E-state index contributed by atoms with van der Waals surface area (Å²) in [6.45, 7) is 0.0715. The van der Waals surface area contributed by atoms with Gasteiger partial charge in [0.15, 0.2) is 0 Å². The Hall–Kier alpha value is -2.81. The highest BCUT2D eigenvalue weighted by Crippen LogP contribution is 2.23. The molecular weight excluding hydrogens is 310 g/mol. The number of hydrogen-bond donors (Lipinski definition) is 0. The molecule has 2 aromatic heterocycles. The van der Waals surface area contributed by atoms with Crippen LogP contribution in [0.5, 0.6) is 6.01 Å². The van der Waals surface area contributed by atoms with E-state index in [2.05, 4.69) is 25.4 Å². The van der Waals surface area contributed by atoms with Crippen LogP contribution in [0.4, 0.5) is 0 Å². The number of aryl methyl sites for hydroxylation is 1. The molecule has 0 fully saturated rings. The lowest BCUT2D eigenvalue weighted by Crippen LogP contribution is -2.23. The lowest BCUT2D eigenvalue weighted by molar-refractivity contribution is 0.279. The monoisotopic (exact) mass is 319 g/mol. The Balaban J connectivity index is 1.97. The zero-order valence-electron chi connectivity index (χ0n) is 11.4. The van der Waals surface area contributed by atoms with Crippen LogP contribution in [0, 0.1) is 0 Å². The second-order valence-corrected chi connectivity index (χ2v) is 4.65. The summed E-state index contributed by atoms with van der Waals surface area (Å²) in [5.41, 5.74) is 0.676. The van der Waals surface area contributed by atoms with Crippen LogP contribution < -0.4 is 10.4 Å². The Morgan fingerprint density at radius 2 is 2.00 bits per heavy atom. The standard InChI is InChI=1S/C12H10ClN7O2/c1-19-12(21)20(18-17-19)10-4-2-3-9(13)8(10)5-22-11-15-6-14-7-16-11/h2-4,6-7H,5H2,1H3. The minimum Gasteiger partial charge on any atom is -0.458 e. The average molecular weight is 320 g/mol. The first-order valence-corrected chi connectivity index (χ1v) is 6.56. The Labute approximate surface area is 129 Å². The number of rotatable bonds is 4. The highest BCUT2D eigenvalue weighted by atomic mass is 35.5. The van der Waals surface area contributed by atoms with Crippen LogP contribution in [-0.2, 0) is 13.7 Å². The van der Waals surface area contributed by atoms with Crippen molar-refractivity contribution < 1.29 is 4.74 Å². The smallest absolute Gasteiger partial charge is 0.368 e. The van der Waals surface area contributed by atoms with Gasteiger partial charge in [0.1, 0.15) is 19.3 Å². The lowest BCUT2D eigenvalue weighted by atomic mass is 10.2. The van der Waals surface area contributed by atoms with Crippen LogP contribution in [0.1, 0.15) is 5.56 Å². The van der Waals surface area contributed by atoms with Gasteiger partial charge in [0, 0.05) is 17.6 Å². The van der Waals surface area contributed by atoms with E-state index in [0.717, 1.165) is 9.36 Å². The first-order valence-electron chi connectivity index (χ1n) is 6.18. The Morgan fingerprint density at radius 1 is 1.23 bits per heavy atom. The molecule has 1 aromatic carbocycles. The van der Waals surface area contributed by atoms with Crippen LogP contribution in [-0.4, -0.2) is 34.7 Å². The van der Waals surface area contributed by atoms with Gasteiger partial charge >= 0.3 is 11.7 Å².